The summed E-state index contributed by atoms with van der Waals surface area (Å²) in [5.41, 5.74) is 0.120. The van der Waals surface area contributed by atoms with Gasteiger partial charge in [0.1, 0.15) is 0 Å². The first-order valence-electron chi connectivity index (χ1n) is 7.64. The number of benzene rings is 2. The van der Waals surface area contributed by atoms with E-state index in [9.17, 15) is 32.1 Å². The number of phenols is 1. The van der Waals surface area contributed by atoms with Crippen LogP contribution in [0, 0.1) is 10.1 Å². The van der Waals surface area contributed by atoms with Crippen molar-refractivity contribution in [2.75, 3.05) is 17.9 Å². The average molecular weight is 413 g/mol. The molecule has 0 unspecified atom stereocenters. The molecular weight excluding hydrogens is 398 g/mol. The van der Waals surface area contributed by atoms with Crippen LogP contribution in [-0.4, -0.2) is 40.5 Å². The van der Waals surface area contributed by atoms with Gasteiger partial charge in [-0.15, -0.1) is 0 Å². The van der Waals surface area contributed by atoms with Gasteiger partial charge in [0.15, 0.2) is 5.75 Å². The minimum atomic E-state index is -4.13. The van der Waals surface area contributed by atoms with Crippen LogP contribution in [0.25, 0.3) is 0 Å². The lowest BCUT2D eigenvalue weighted by Gasteiger charge is -2.19. The second-order valence-corrected chi connectivity index (χ2v) is 9.48. The molecule has 2 aromatic carbocycles. The minimum Gasteiger partial charge on any atom is -0.502 e. The Bertz CT molecular complexity index is 1140. The lowest BCUT2D eigenvalue weighted by molar-refractivity contribution is -0.386. The Kier molecular flexibility index (Phi) is 4.57. The van der Waals surface area contributed by atoms with Gasteiger partial charge in [0.25, 0.3) is 10.0 Å². The maximum atomic E-state index is 12.9. The summed E-state index contributed by atoms with van der Waals surface area (Å²) in [6.07, 6.45) is 0.293. The zero-order valence-electron chi connectivity index (χ0n) is 14.0. The van der Waals surface area contributed by atoms with E-state index in [1.807, 2.05) is 0 Å². The summed E-state index contributed by atoms with van der Waals surface area (Å²) >= 11 is 0. The van der Waals surface area contributed by atoms with Gasteiger partial charge >= 0.3 is 5.69 Å². The number of rotatable bonds is 5. The summed E-state index contributed by atoms with van der Waals surface area (Å²) in [5.74, 6) is -0.636. The Hall–Kier alpha value is -2.70. The SMILES string of the molecule is CNS(=O)(=O)c1ccc2c(c1)CCN2S(=O)(=O)c1ccc(O)c([N+](=O)[O-])c1. The van der Waals surface area contributed by atoms with Crippen LogP contribution in [0.3, 0.4) is 0 Å². The highest BCUT2D eigenvalue weighted by Crippen LogP contribution is 2.36. The lowest BCUT2D eigenvalue weighted by atomic mass is 10.2. The summed E-state index contributed by atoms with van der Waals surface area (Å²) in [5, 5.41) is 20.5. The molecule has 0 aliphatic carbocycles. The van der Waals surface area contributed by atoms with Gasteiger partial charge in [-0.25, -0.2) is 21.6 Å². The molecule has 12 heteroatoms. The number of nitro groups is 1. The van der Waals surface area contributed by atoms with Crippen LogP contribution in [0.5, 0.6) is 5.75 Å². The number of aromatic hydroxyl groups is 1. The lowest BCUT2D eigenvalue weighted by Crippen LogP contribution is -2.29. The van der Waals surface area contributed by atoms with E-state index < -0.39 is 36.4 Å². The molecule has 0 spiro atoms. The van der Waals surface area contributed by atoms with E-state index in [4.69, 9.17) is 0 Å². The fourth-order valence-electron chi connectivity index (χ4n) is 2.82. The molecule has 1 aliphatic rings. The Morgan fingerprint density at radius 1 is 1.11 bits per heavy atom. The van der Waals surface area contributed by atoms with Gasteiger partial charge in [0.2, 0.25) is 10.0 Å². The fraction of sp³-hybridized carbons (Fsp3) is 0.200. The molecule has 2 N–H and O–H groups in total. The second kappa shape index (κ2) is 6.48. The minimum absolute atomic E-state index is 0.0169. The van der Waals surface area contributed by atoms with Gasteiger partial charge in [-0.05, 0) is 49.4 Å². The number of hydrogen-bond acceptors (Lipinski definition) is 7. The monoisotopic (exact) mass is 413 g/mol. The van der Waals surface area contributed by atoms with Crippen LogP contribution in [-0.2, 0) is 26.5 Å². The summed E-state index contributed by atoms with van der Waals surface area (Å²) in [7, 11) is -6.52. The molecule has 0 aromatic heterocycles. The normalized spacial score (nSPS) is 14.2. The van der Waals surface area contributed by atoms with E-state index in [0.717, 1.165) is 22.5 Å². The van der Waals surface area contributed by atoms with Gasteiger partial charge in [0.05, 0.1) is 20.4 Å². The first-order chi connectivity index (χ1) is 12.6. The molecule has 3 rings (SSSR count). The number of phenolic OH excluding ortho intramolecular Hbond substituents is 1. The molecule has 0 saturated carbocycles. The van der Waals surface area contributed by atoms with Crippen molar-refractivity contribution in [1.29, 1.82) is 0 Å². The maximum Gasteiger partial charge on any atom is 0.312 e. The molecule has 0 bridgehead atoms. The fourth-order valence-corrected chi connectivity index (χ4v) is 5.12. The largest absolute Gasteiger partial charge is 0.502 e. The molecular formula is C15H15N3O7S2. The Labute approximate surface area is 155 Å². The van der Waals surface area contributed by atoms with E-state index in [2.05, 4.69) is 4.72 Å². The first kappa shape index (κ1) is 19.1. The van der Waals surface area contributed by atoms with Crippen molar-refractivity contribution in [3.05, 3.63) is 52.1 Å². The van der Waals surface area contributed by atoms with E-state index in [-0.39, 0.29) is 16.3 Å². The van der Waals surface area contributed by atoms with Crippen molar-refractivity contribution in [1.82, 2.24) is 4.72 Å². The summed E-state index contributed by atoms with van der Waals surface area (Å²) < 4.78 is 52.9. The van der Waals surface area contributed by atoms with Crippen LogP contribution >= 0.6 is 0 Å². The number of nitro benzene ring substituents is 1. The van der Waals surface area contributed by atoms with E-state index in [1.165, 1.54) is 25.2 Å². The van der Waals surface area contributed by atoms with E-state index >= 15 is 0 Å². The third kappa shape index (κ3) is 3.22. The number of nitrogens with zero attached hydrogens (tertiary/aromatic N) is 2. The maximum absolute atomic E-state index is 12.9. The van der Waals surface area contributed by atoms with Crippen molar-refractivity contribution in [3.63, 3.8) is 0 Å². The summed E-state index contributed by atoms with van der Waals surface area (Å²) in [6, 6.07) is 6.90. The van der Waals surface area contributed by atoms with Crippen LogP contribution in [0.1, 0.15) is 5.56 Å². The zero-order chi connectivity index (χ0) is 20.0. The topological polar surface area (TPSA) is 147 Å². The quantitative estimate of drug-likeness (QED) is 0.548. The molecule has 1 aliphatic heterocycles. The molecule has 0 atom stereocenters. The van der Waals surface area contributed by atoms with Gasteiger partial charge < -0.3 is 5.11 Å². The molecule has 10 nitrogen and oxygen atoms in total. The molecule has 0 fully saturated rings. The third-order valence-corrected chi connectivity index (χ3v) is 7.44. The standard InChI is InChI=1S/C15H15N3O7S2/c1-16-26(22,23)11-2-4-13-10(8-11)6-7-17(13)27(24,25)12-3-5-15(19)14(9-12)18(20)21/h2-5,8-9,16,19H,6-7H2,1H3. The predicted molar refractivity (Wildman–Crippen MR) is 95.7 cm³/mol. The van der Waals surface area contributed by atoms with Crippen LogP contribution in [0.15, 0.2) is 46.2 Å². The van der Waals surface area contributed by atoms with Gasteiger partial charge in [-0.1, -0.05) is 0 Å². The van der Waals surface area contributed by atoms with Crippen molar-refractivity contribution >= 4 is 31.4 Å². The van der Waals surface area contributed by atoms with Crippen molar-refractivity contribution < 1.29 is 26.9 Å². The summed E-state index contributed by atoms with van der Waals surface area (Å²) in [4.78, 5) is 9.76. The highest BCUT2D eigenvalue weighted by atomic mass is 32.2. The third-order valence-electron chi connectivity index (χ3n) is 4.21. The Balaban J connectivity index is 2.05. The number of fused-ring (bicyclic) bond motifs is 1. The van der Waals surface area contributed by atoms with Gasteiger partial charge in [-0.3, -0.25) is 14.4 Å². The summed E-state index contributed by atoms with van der Waals surface area (Å²) in [6.45, 7) is 0.0649. The number of anilines is 1. The first-order valence-corrected chi connectivity index (χ1v) is 10.6. The molecule has 0 saturated heterocycles. The number of hydrogen-bond donors (Lipinski definition) is 2. The van der Waals surface area contributed by atoms with Crippen LogP contribution in [0.4, 0.5) is 11.4 Å². The van der Waals surface area contributed by atoms with Crippen molar-refractivity contribution in [3.8, 4) is 5.75 Å². The highest BCUT2D eigenvalue weighted by Gasteiger charge is 2.33. The van der Waals surface area contributed by atoms with Gasteiger partial charge in [0, 0.05) is 12.6 Å². The Morgan fingerprint density at radius 2 is 1.78 bits per heavy atom. The Morgan fingerprint density at radius 3 is 2.41 bits per heavy atom. The molecule has 27 heavy (non-hydrogen) atoms. The zero-order valence-corrected chi connectivity index (χ0v) is 15.6. The van der Waals surface area contributed by atoms with Crippen LogP contribution in [0.2, 0.25) is 0 Å². The number of nitrogens with one attached hydrogen (secondary N) is 1. The molecule has 144 valence electrons. The van der Waals surface area contributed by atoms with Gasteiger partial charge in [-0.2, -0.15) is 0 Å². The molecule has 1 heterocycles. The second-order valence-electron chi connectivity index (χ2n) is 5.73. The molecule has 0 amide bonds. The van der Waals surface area contributed by atoms with Crippen molar-refractivity contribution in [2.45, 2.75) is 16.2 Å². The van der Waals surface area contributed by atoms with Crippen LogP contribution < -0.4 is 9.03 Å². The average Bonchev–Trinajstić information content (AvgIpc) is 3.05. The predicted octanol–water partition coefficient (Wildman–Crippen LogP) is 0.960. The van der Waals surface area contributed by atoms with E-state index in [1.54, 1.807) is 0 Å². The molecule has 0 radical (unpaired) electrons. The van der Waals surface area contributed by atoms with Crippen molar-refractivity contribution in [2.24, 2.45) is 0 Å². The smallest absolute Gasteiger partial charge is 0.312 e. The van der Waals surface area contributed by atoms with E-state index in [0.29, 0.717) is 17.7 Å². The number of sulfonamides is 2. The molecule has 2 aromatic rings. The highest BCUT2D eigenvalue weighted by molar-refractivity contribution is 7.92.